The lowest BCUT2D eigenvalue weighted by Crippen LogP contribution is -2.38. The molecule has 136 valence electrons. The van der Waals surface area contributed by atoms with Gasteiger partial charge in [-0.1, -0.05) is 0 Å². The predicted molar refractivity (Wildman–Crippen MR) is 101 cm³/mol. The van der Waals surface area contributed by atoms with E-state index in [1.807, 2.05) is 42.6 Å². The maximum atomic E-state index is 5.74. The molecule has 0 aliphatic carbocycles. The zero-order valence-electron chi connectivity index (χ0n) is 15.1. The lowest BCUT2D eigenvalue weighted by molar-refractivity contribution is 0.242. The summed E-state index contributed by atoms with van der Waals surface area (Å²) in [6.45, 7) is 6.08. The van der Waals surface area contributed by atoms with Crippen molar-refractivity contribution in [1.29, 1.82) is 0 Å². The van der Waals surface area contributed by atoms with E-state index in [0.717, 1.165) is 42.4 Å². The van der Waals surface area contributed by atoms with E-state index >= 15 is 0 Å². The number of imidazole rings is 1. The molecule has 1 unspecified atom stereocenters. The van der Waals surface area contributed by atoms with Gasteiger partial charge < -0.3 is 15.4 Å². The van der Waals surface area contributed by atoms with E-state index in [4.69, 9.17) is 4.74 Å². The van der Waals surface area contributed by atoms with Crippen molar-refractivity contribution in [3.63, 3.8) is 0 Å². The molecule has 0 spiro atoms. The van der Waals surface area contributed by atoms with Crippen molar-refractivity contribution >= 4 is 11.5 Å². The summed E-state index contributed by atoms with van der Waals surface area (Å²) in [5, 5.41) is 6.91. The minimum absolute atomic E-state index is 0.132. The van der Waals surface area contributed by atoms with Gasteiger partial charge in [0.2, 0.25) is 0 Å². The fourth-order valence-electron chi connectivity index (χ4n) is 3.22. The molecule has 1 fully saturated rings. The van der Waals surface area contributed by atoms with Crippen LogP contribution in [0.25, 0.3) is 17.2 Å². The Morgan fingerprint density at radius 1 is 1.31 bits per heavy atom. The number of aromatic nitrogens is 4. The molecule has 0 amide bonds. The summed E-state index contributed by atoms with van der Waals surface area (Å²) in [6, 6.07) is 6.19. The molecule has 0 bridgehead atoms. The Kier molecular flexibility index (Phi) is 4.71. The van der Waals surface area contributed by atoms with Gasteiger partial charge >= 0.3 is 0 Å². The van der Waals surface area contributed by atoms with Gasteiger partial charge in [-0.2, -0.15) is 0 Å². The van der Waals surface area contributed by atoms with E-state index in [-0.39, 0.29) is 6.10 Å². The average Bonchev–Trinajstić information content (AvgIpc) is 3.05. The number of nitrogens with one attached hydrogen (secondary N) is 2. The molecule has 0 saturated carbocycles. The zero-order chi connectivity index (χ0) is 17.9. The van der Waals surface area contributed by atoms with Crippen LogP contribution in [0.5, 0.6) is 5.75 Å². The fourth-order valence-corrected chi connectivity index (χ4v) is 3.22. The number of hydrogen-bond donors (Lipinski definition) is 2. The first-order chi connectivity index (χ1) is 12.7. The number of rotatable bonds is 5. The second kappa shape index (κ2) is 7.29. The Morgan fingerprint density at radius 2 is 2.23 bits per heavy atom. The smallest absolute Gasteiger partial charge is 0.180 e. The zero-order valence-corrected chi connectivity index (χ0v) is 15.1. The number of nitrogens with zero attached hydrogens (tertiary/aromatic N) is 4. The number of fused-ring (bicyclic) bond motifs is 1. The van der Waals surface area contributed by atoms with Crippen molar-refractivity contribution in [2.75, 3.05) is 18.4 Å². The third kappa shape index (κ3) is 3.62. The normalized spacial score (nSPS) is 17.6. The lowest BCUT2D eigenvalue weighted by atomic mass is 10.1. The van der Waals surface area contributed by atoms with E-state index in [9.17, 15) is 0 Å². The van der Waals surface area contributed by atoms with Crippen molar-refractivity contribution in [1.82, 2.24) is 24.7 Å². The van der Waals surface area contributed by atoms with Gasteiger partial charge in [0.25, 0.3) is 0 Å². The first-order valence-corrected chi connectivity index (χ1v) is 9.13. The topological polar surface area (TPSA) is 76.4 Å². The molecule has 1 aliphatic heterocycles. The second-order valence-corrected chi connectivity index (χ2v) is 6.85. The Morgan fingerprint density at radius 3 is 3.04 bits per heavy atom. The molecule has 3 aromatic heterocycles. The highest BCUT2D eigenvalue weighted by Crippen LogP contribution is 2.22. The van der Waals surface area contributed by atoms with Crippen molar-refractivity contribution in [3.8, 4) is 17.3 Å². The van der Waals surface area contributed by atoms with E-state index in [0.29, 0.717) is 11.9 Å². The summed E-state index contributed by atoms with van der Waals surface area (Å²) < 4.78 is 7.72. The van der Waals surface area contributed by atoms with Gasteiger partial charge in [0.05, 0.1) is 12.3 Å². The highest BCUT2D eigenvalue weighted by molar-refractivity contribution is 5.59. The number of pyridine rings is 1. The molecule has 1 aliphatic rings. The van der Waals surface area contributed by atoms with Crippen LogP contribution in [-0.2, 0) is 0 Å². The molecule has 0 radical (unpaired) electrons. The number of hydrogen-bond acceptors (Lipinski definition) is 6. The summed E-state index contributed by atoms with van der Waals surface area (Å²) in [5.74, 6) is 2.31. The minimum atomic E-state index is 0.132. The summed E-state index contributed by atoms with van der Waals surface area (Å²) >= 11 is 0. The lowest BCUT2D eigenvalue weighted by Gasteiger charge is -2.24. The molecule has 0 aromatic carbocycles. The predicted octanol–water partition coefficient (Wildman–Crippen LogP) is 2.74. The first kappa shape index (κ1) is 16.8. The Labute approximate surface area is 152 Å². The van der Waals surface area contributed by atoms with Crippen LogP contribution < -0.4 is 15.4 Å². The highest BCUT2D eigenvalue weighted by atomic mass is 16.5. The quantitative estimate of drug-likeness (QED) is 0.735. The summed E-state index contributed by atoms with van der Waals surface area (Å²) in [4.78, 5) is 13.6. The average molecular weight is 352 g/mol. The molecular weight excluding hydrogens is 328 g/mol. The maximum Gasteiger partial charge on any atom is 0.180 e. The molecule has 7 nitrogen and oxygen atoms in total. The van der Waals surface area contributed by atoms with Crippen LogP contribution in [0, 0.1) is 0 Å². The molecule has 3 aromatic rings. The Bertz CT molecular complexity index is 885. The van der Waals surface area contributed by atoms with Crippen LogP contribution in [0.1, 0.15) is 26.7 Å². The molecule has 4 heterocycles. The van der Waals surface area contributed by atoms with Crippen molar-refractivity contribution < 1.29 is 4.74 Å². The summed E-state index contributed by atoms with van der Waals surface area (Å²) in [7, 11) is 0. The van der Waals surface area contributed by atoms with Crippen molar-refractivity contribution in [2.24, 2.45) is 0 Å². The van der Waals surface area contributed by atoms with Crippen molar-refractivity contribution in [3.05, 3.63) is 36.8 Å². The molecular formula is C19H24N6O. The van der Waals surface area contributed by atoms with Crippen LogP contribution in [0.15, 0.2) is 36.8 Å². The summed E-state index contributed by atoms with van der Waals surface area (Å²) in [5.41, 5.74) is 1.68. The standard InChI is InChI=1S/C19H24N6O/c1-13(2)26-15-6-9-25-16(12-22-18(25)10-15)19-21-8-5-17(24-19)23-14-4-3-7-20-11-14/h5-6,8-10,12-14,20H,3-4,7,11H2,1-2H3,(H,21,23,24). The van der Waals surface area contributed by atoms with E-state index in [1.165, 1.54) is 6.42 Å². The van der Waals surface area contributed by atoms with Crippen LogP contribution in [0.2, 0.25) is 0 Å². The molecule has 7 heteroatoms. The largest absolute Gasteiger partial charge is 0.491 e. The second-order valence-electron chi connectivity index (χ2n) is 6.85. The van der Waals surface area contributed by atoms with E-state index < -0.39 is 0 Å². The van der Waals surface area contributed by atoms with Crippen LogP contribution >= 0.6 is 0 Å². The van der Waals surface area contributed by atoms with Gasteiger partial charge in [-0.25, -0.2) is 15.0 Å². The SMILES string of the molecule is CC(C)Oc1ccn2c(-c3nccc(NC4CCCNC4)n3)cnc2c1. The monoisotopic (exact) mass is 352 g/mol. The van der Waals surface area contributed by atoms with Gasteiger partial charge in [-0.05, 0) is 45.4 Å². The third-order valence-corrected chi connectivity index (χ3v) is 4.39. The number of anilines is 1. The van der Waals surface area contributed by atoms with E-state index in [2.05, 4.69) is 25.6 Å². The number of ether oxygens (including phenoxy) is 1. The van der Waals surface area contributed by atoms with Gasteiger partial charge in [0, 0.05) is 31.0 Å². The maximum absolute atomic E-state index is 5.74. The highest BCUT2D eigenvalue weighted by Gasteiger charge is 2.15. The van der Waals surface area contributed by atoms with Crippen LogP contribution in [0.4, 0.5) is 5.82 Å². The Balaban J connectivity index is 1.59. The van der Waals surface area contributed by atoms with Gasteiger partial charge in [0.15, 0.2) is 5.82 Å². The van der Waals surface area contributed by atoms with Crippen LogP contribution in [-0.4, -0.2) is 44.6 Å². The Hall–Kier alpha value is -2.67. The van der Waals surface area contributed by atoms with Crippen molar-refractivity contribution in [2.45, 2.75) is 38.8 Å². The van der Waals surface area contributed by atoms with E-state index in [1.54, 1.807) is 12.4 Å². The molecule has 26 heavy (non-hydrogen) atoms. The number of piperidine rings is 1. The fraction of sp³-hybridized carbons (Fsp3) is 0.421. The minimum Gasteiger partial charge on any atom is -0.491 e. The first-order valence-electron chi connectivity index (χ1n) is 9.13. The van der Waals surface area contributed by atoms with Gasteiger partial charge in [0.1, 0.15) is 22.9 Å². The van der Waals surface area contributed by atoms with Crippen LogP contribution in [0.3, 0.4) is 0 Å². The molecule has 2 N–H and O–H groups in total. The summed E-state index contributed by atoms with van der Waals surface area (Å²) in [6.07, 6.45) is 8.01. The van der Waals surface area contributed by atoms with Gasteiger partial charge in [-0.3, -0.25) is 4.40 Å². The molecule has 1 atom stereocenters. The molecule has 1 saturated heterocycles. The van der Waals surface area contributed by atoms with Gasteiger partial charge in [-0.15, -0.1) is 0 Å². The molecule has 4 rings (SSSR count). The third-order valence-electron chi connectivity index (χ3n) is 4.39.